The molecule has 0 saturated carbocycles. The van der Waals surface area contributed by atoms with E-state index in [0.717, 1.165) is 6.08 Å². The average molecular weight is 299 g/mol. The molecule has 0 fully saturated rings. The highest BCUT2D eigenvalue weighted by Crippen LogP contribution is 2.15. The number of amides is 1. The smallest absolute Gasteiger partial charge is 0.387 e. The molecule has 21 heavy (non-hydrogen) atoms. The van der Waals surface area contributed by atoms with Gasteiger partial charge in [-0.05, 0) is 30.7 Å². The number of hydrogen-bond acceptors (Lipinski definition) is 4. The summed E-state index contributed by atoms with van der Waals surface area (Å²) in [4.78, 5) is 22.4. The van der Waals surface area contributed by atoms with Gasteiger partial charge in [-0.1, -0.05) is 12.1 Å². The van der Waals surface area contributed by atoms with Crippen LogP contribution in [0.25, 0.3) is 6.08 Å². The Bertz CT molecular complexity index is 500. The van der Waals surface area contributed by atoms with E-state index in [-0.39, 0.29) is 18.3 Å². The Balaban J connectivity index is 2.45. The van der Waals surface area contributed by atoms with Crippen molar-refractivity contribution in [1.82, 2.24) is 5.32 Å². The van der Waals surface area contributed by atoms with Crippen molar-refractivity contribution in [3.63, 3.8) is 0 Å². The van der Waals surface area contributed by atoms with E-state index in [2.05, 4.69) is 10.1 Å². The monoisotopic (exact) mass is 299 g/mol. The van der Waals surface area contributed by atoms with Crippen molar-refractivity contribution in [2.45, 2.75) is 13.5 Å². The minimum Gasteiger partial charge on any atom is -0.452 e. The summed E-state index contributed by atoms with van der Waals surface area (Å²) in [5.41, 5.74) is 0.603. The molecule has 0 aliphatic heterocycles. The highest BCUT2D eigenvalue weighted by atomic mass is 19.3. The maximum absolute atomic E-state index is 11.9. The Morgan fingerprint density at radius 1 is 1.29 bits per heavy atom. The van der Waals surface area contributed by atoms with Gasteiger partial charge in [0.15, 0.2) is 6.61 Å². The Morgan fingerprint density at radius 2 is 1.95 bits per heavy atom. The van der Waals surface area contributed by atoms with E-state index in [9.17, 15) is 18.4 Å². The van der Waals surface area contributed by atoms with Gasteiger partial charge in [0.25, 0.3) is 5.91 Å². The summed E-state index contributed by atoms with van der Waals surface area (Å²) in [5.74, 6) is -1.03. The molecule has 0 aromatic heterocycles. The standard InChI is InChI=1S/C14H15F2NO4/c1-2-17-12(18)9-20-13(19)8-5-10-3-6-11(7-4-10)21-14(15)16/h3-8,14H,2,9H2,1H3,(H,17,18). The number of hydrogen-bond donors (Lipinski definition) is 1. The van der Waals surface area contributed by atoms with Gasteiger partial charge in [-0.15, -0.1) is 0 Å². The molecule has 0 unspecified atom stereocenters. The van der Waals surface area contributed by atoms with E-state index in [1.807, 2.05) is 0 Å². The molecule has 1 amide bonds. The molecule has 1 rings (SSSR count). The first-order valence-corrected chi connectivity index (χ1v) is 6.17. The van der Waals surface area contributed by atoms with E-state index >= 15 is 0 Å². The largest absolute Gasteiger partial charge is 0.452 e. The number of carbonyl (C=O) groups excluding carboxylic acids is 2. The zero-order chi connectivity index (χ0) is 15.7. The molecule has 0 radical (unpaired) electrons. The van der Waals surface area contributed by atoms with Gasteiger partial charge < -0.3 is 14.8 Å². The van der Waals surface area contributed by atoms with Crippen molar-refractivity contribution in [1.29, 1.82) is 0 Å². The van der Waals surface area contributed by atoms with Crippen LogP contribution in [0.3, 0.4) is 0 Å². The fraction of sp³-hybridized carbons (Fsp3) is 0.286. The minimum atomic E-state index is -2.88. The van der Waals surface area contributed by atoms with Crippen LogP contribution in [0.15, 0.2) is 30.3 Å². The van der Waals surface area contributed by atoms with Crippen LogP contribution in [0, 0.1) is 0 Å². The van der Waals surface area contributed by atoms with Crippen molar-refractivity contribution in [3.05, 3.63) is 35.9 Å². The highest BCUT2D eigenvalue weighted by Gasteiger charge is 2.04. The zero-order valence-electron chi connectivity index (χ0n) is 11.3. The van der Waals surface area contributed by atoms with Crippen molar-refractivity contribution >= 4 is 18.0 Å². The number of ether oxygens (including phenoxy) is 2. The number of benzene rings is 1. The summed E-state index contributed by atoms with van der Waals surface area (Å²) in [7, 11) is 0. The number of carbonyl (C=O) groups is 2. The van der Waals surface area contributed by atoms with Crippen LogP contribution < -0.4 is 10.1 Å². The molecule has 0 atom stereocenters. The predicted octanol–water partition coefficient (Wildman–Crippen LogP) is 1.98. The lowest BCUT2D eigenvalue weighted by molar-refractivity contribution is -0.143. The molecule has 7 heteroatoms. The lowest BCUT2D eigenvalue weighted by Gasteiger charge is -2.04. The normalized spacial score (nSPS) is 10.7. The first-order valence-electron chi connectivity index (χ1n) is 6.17. The summed E-state index contributed by atoms with van der Waals surface area (Å²) in [6.07, 6.45) is 2.58. The number of alkyl halides is 2. The quantitative estimate of drug-likeness (QED) is 0.617. The van der Waals surface area contributed by atoms with Gasteiger partial charge in [0.05, 0.1) is 0 Å². The summed E-state index contributed by atoms with van der Waals surface area (Å²) >= 11 is 0. The van der Waals surface area contributed by atoms with Crippen molar-refractivity contribution in [2.75, 3.05) is 13.2 Å². The first kappa shape index (κ1) is 16.6. The van der Waals surface area contributed by atoms with Gasteiger partial charge >= 0.3 is 12.6 Å². The first-order chi connectivity index (χ1) is 10.0. The van der Waals surface area contributed by atoms with Crippen LogP contribution in [0.1, 0.15) is 12.5 Å². The molecule has 0 aliphatic carbocycles. The predicted molar refractivity (Wildman–Crippen MR) is 71.8 cm³/mol. The molecule has 114 valence electrons. The Morgan fingerprint density at radius 3 is 2.52 bits per heavy atom. The molecule has 0 aliphatic rings. The molecule has 0 spiro atoms. The number of nitrogens with one attached hydrogen (secondary N) is 1. The third-order valence-corrected chi connectivity index (χ3v) is 2.24. The second-order valence-electron chi connectivity index (χ2n) is 3.84. The third-order valence-electron chi connectivity index (χ3n) is 2.24. The average Bonchev–Trinajstić information content (AvgIpc) is 2.44. The Kier molecular flexibility index (Phi) is 6.86. The second kappa shape index (κ2) is 8.68. The number of esters is 1. The van der Waals surface area contributed by atoms with Gasteiger partial charge in [0, 0.05) is 12.6 Å². The molecule has 1 aromatic rings. The van der Waals surface area contributed by atoms with E-state index in [1.165, 1.54) is 30.3 Å². The van der Waals surface area contributed by atoms with Crippen LogP contribution >= 0.6 is 0 Å². The molecule has 1 aromatic carbocycles. The fourth-order valence-electron chi connectivity index (χ4n) is 1.36. The van der Waals surface area contributed by atoms with Gasteiger partial charge in [-0.3, -0.25) is 4.79 Å². The molecule has 5 nitrogen and oxygen atoms in total. The molecule has 1 N–H and O–H groups in total. The summed E-state index contributed by atoms with van der Waals surface area (Å²) < 4.78 is 32.8. The number of halogens is 2. The van der Waals surface area contributed by atoms with Crippen molar-refractivity contribution in [2.24, 2.45) is 0 Å². The van der Waals surface area contributed by atoms with Crippen LogP contribution in [-0.2, 0) is 14.3 Å². The Hall–Kier alpha value is -2.44. The summed E-state index contributed by atoms with van der Waals surface area (Å²) in [5, 5.41) is 2.48. The lowest BCUT2D eigenvalue weighted by atomic mass is 10.2. The molecule has 0 saturated heterocycles. The second-order valence-corrected chi connectivity index (χ2v) is 3.84. The van der Waals surface area contributed by atoms with Gasteiger partial charge in [0.1, 0.15) is 5.75 Å². The minimum absolute atomic E-state index is 0.0287. The van der Waals surface area contributed by atoms with E-state index in [0.29, 0.717) is 12.1 Å². The van der Waals surface area contributed by atoms with Gasteiger partial charge in [-0.2, -0.15) is 8.78 Å². The van der Waals surface area contributed by atoms with Crippen LogP contribution in [0.4, 0.5) is 8.78 Å². The third kappa shape index (κ3) is 7.05. The van der Waals surface area contributed by atoms with E-state index in [4.69, 9.17) is 4.74 Å². The van der Waals surface area contributed by atoms with Crippen LogP contribution in [0.5, 0.6) is 5.75 Å². The van der Waals surface area contributed by atoms with E-state index < -0.39 is 12.6 Å². The molecule has 0 bridgehead atoms. The summed E-state index contributed by atoms with van der Waals surface area (Å²) in [6.45, 7) is -1.02. The molecule has 0 heterocycles. The number of likely N-dealkylation sites (N-methyl/N-ethyl adjacent to an activating group) is 1. The summed E-state index contributed by atoms with van der Waals surface area (Å²) in [6, 6.07) is 5.72. The highest BCUT2D eigenvalue weighted by molar-refractivity contribution is 5.89. The van der Waals surface area contributed by atoms with Crippen LogP contribution in [0.2, 0.25) is 0 Å². The van der Waals surface area contributed by atoms with Crippen molar-refractivity contribution in [3.8, 4) is 5.75 Å². The van der Waals surface area contributed by atoms with Crippen LogP contribution in [-0.4, -0.2) is 31.6 Å². The fourth-order valence-corrected chi connectivity index (χ4v) is 1.36. The lowest BCUT2D eigenvalue weighted by Crippen LogP contribution is -2.28. The SMILES string of the molecule is CCNC(=O)COC(=O)C=Cc1ccc(OC(F)F)cc1. The van der Waals surface area contributed by atoms with Crippen molar-refractivity contribution < 1.29 is 27.8 Å². The Labute approximate surface area is 120 Å². The molecular weight excluding hydrogens is 284 g/mol. The van der Waals surface area contributed by atoms with Gasteiger partial charge in [-0.25, -0.2) is 4.79 Å². The topological polar surface area (TPSA) is 64.6 Å². The maximum atomic E-state index is 11.9. The van der Waals surface area contributed by atoms with Gasteiger partial charge in [0.2, 0.25) is 0 Å². The molecular formula is C14H15F2NO4. The van der Waals surface area contributed by atoms with E-state index in [1.54, 1.807) is 6.92 Å². The zero-order valence-corrected chi connectivity index (χ0v) is 11.3. The number of rotatable bonds is 7. The maximum Gasteiger partial charge on any atom is 0.387 e.